The van der Waals surface area contributed by atoms with Gasteiger partial charge in [0, 0.05) is 5.56 Å². The van der Waals surface area contributed by atoms with Gasteiger partial charge in [-0.15, -0.1) is 11.6 Å². The summed E-state index contributed by atoms with van der Waals surface area (Å²) in [7, 11) is 0. The van der Waals surface area contributed by atoms with Gasteiger partial charge in [-0.3, -0.25) is 19.3 Å². The molecule has 1 amide bonds. The van der Waals surface area contributed by atoms with E-state index in [1.807, 2.05) is 0 Å². The van der Waals surface area contributed by atoms with Crippen molar-refractivity contribution in [3.8, 4) is 5.75 Å². The average molecular weight is 340 g/mol. The number of esters is 1. The van der Waals surface area contributed by atoms with Crippen LogP contribution in [0.4, 0.5) is 5.69 Å². The summed E-state index contributed by atoms with van der Waals surface area (Å²) in [5.74, 6) is -0.902. The van der Waals surface area contributed by atoms with Crippen molar-refractivity contribution in [2.75, 3.05) is 17.3 Å². The van der Waals surface area contributed by atoms with E-state index in [-0.39, 0.29) is 30.2 Å². The number of halogens is 1. The Bertz CT molecular complexity index is 643. The highest BCUT2D eigenvalue weighted by Gasteiger charge is 2.33. The number of rotatable bonds is 5. The molecule has 2 rings (SSSR count). The van der Waals surface area contributed by atoms with Crippen LogP contribution >= 0.6 is 11.6 Å². The van der Waals surface area contributed by atoms with Crippen LogP contribution in [-0.4, -0.2) is 42.3 Å². The van der Waals surface area contributed by atoms with Crippen LogP contribution in [0.1, 0.15) is 31.1 Å². The highest BCUT2D eigenvalue weighted by atomic mass is 35.5. The van der Waals surface area contributed by atoms with Gasteiger partial charge in [0.05, 0.1) is 17.7 Å². The van der Waals surface area contributed by atoms with Gasteiger partial charge in [0.15, 0.2) is 11.9 Å². The SMILES string of the molecule is CC(C)OC(=O)CN1C(=O)C(C)Oc2ccc(C(=O)CCl)cc21. The molecule has 1 heterocycles. The van der Waals surface area contributed by atoms with Crippen molar-refractivity contribution >= 4 is 34.9 Å². The summed E-state index contributed by atoms with van der Waals surface area (Å²) in [6.07, 6.45) is -0.997. The Labute approximate surface area is 139 Å². The minimum absolute atomic E-state index is 0.167. The fourth-order valence-corrected chi connectivity index (χ4v) is 2.40. The van der Waals surface area contributed by atoms with Crippen LogP contribution in [0.5, 0.6) is 5.75 Å². The standard InChI is InChI=1S/C16H18ClNO5/c1-9(2)22-15(20)8-18-12-6-11(13(19)7-17)4-5-14(12)23-10(3)16(18)21/h4-6,9-10H,7-8H2,1-3H3. The molecule has 0 bridgehead atoms. The molecule has 23 heavy (non-hydrogen) atoms. The molecule has 0 aliphatic carbocycles. The van der Waals surface area contributed by atoms with E-state index in [0.29, 0.717) is 17.0 Å². The summed E-state index contributed by atoms with van der Waals surface area (Å²) in [5, 5.41) is 0. The van der Waals surface area contributed by atoms with Gasteiger partial charge in [-0.05, 0) is 39.0 Å². The van der Waals surface area contributed by atoms with Gasteiger partial charge in [0.2, 0.25) is 0 Å². The predicted molar refractivity (Wildman–Crippen MR) is 85.2 cm³/mol. The number of ether oxygens (including phenoxy) is 2. The second-order valence-corrected chi connectivity index (χ2v) is 5.73. The largest absolute Gasteiger partial charge is 0.479 e. The van der Waals surface area contributed by atoms with E-state index in [4.69, 9.17) is 21.1 Å². The molecule has 0 aromatic heterocycles. The van der Waals surface area contributed by atoms with Crippen LogP contribution in [0, 0.1) is 0 Å². The van der Waals surface area contributed by atoms with Crippen molar-refractivity contribution in [1.29, 1.82) is 0 Å². The Morgan fingerprint density at radius 2 is 2.09 bits per heavy atom. The smallest absolute Gasteiger partial charge is 0.326 e. The van der Waals surface area contributed by atoms with E-state index in [0.717, 1.165) is 0 Å². The van der Waals surface area contributed by atoms with Crippen molar-refractivity contribution < 1.29 is 23.9 Å². The summed E-state index contributed by atoms with van der Waals surface area (Å²) >= 11 is 5.56. The maximum absolute atomic E-state index is 12.3. The Kier molecular flexibility index (Phi) is 5.26. The molecular formula is C16H18ClNO5. The highest BCUT2D eigenvalue weighted by Crippen LogP contribution is 2.35. The minimum atomic E-state index is -0.719. The zero-order chi connectivity index (χ0) is 17.1. The number of fused-ring (bicyclic) bond motifs is 1. The minimum Gasteiger partial charge on any atom is -0.479 e. The predicted octanol–water partition coefficient (Wildman–Crippen LogP) is 2.17. The molecule has 0 radical (unpaired) electrons. The van der Waals surface area contributed by atoms with Gasteiger partial charge in [-0.1, -0.05) is 0 Å². The lowest BCUT2D eigenvalue weighted by molar-refractivity contribution is -0.146. The van der Waals surface area contributed by atoms with Gasteiger partial charge in [0.25, 0.3) is 5.91 Å². The summed E-state index contributed by atoms with van der Waals surface area (Å²) < 4.78 is 10.6. The van der Waals surface area contributed by atoms with Crippen molar-refractivity contribution in [3.05, 3.63) is 23.8 Å². The van der Waals surface area contributed by atoms with Gasteiger partial charge in [-0.25, -0.2) is 0 Å². The Morgan fingerprint density at radius 1 is 1.39 bits per heavy atom. The number of benzene rings is 1. The van der Waals surface area contributed by atoms with Crippen LogP contribution in [0.3, 0.4) is 0 Å². The fraction of sp³-hybridized carbons (Fsp3) is 0.438. The molecule has 1 aromatic carbocycles. The first-order valence-electron chi connectivity index (χ1n) is 7.24. The Morgan fingerprint density at radius 3 is 2.70 bits per heavy atom. The number of carbonyl (C=O) groups excluding carboxylic acids is 3. The molecule has 6 nitrogen and oxygen atoms in total. The number of amides is 1. The van der Waals surface area contributed by atoms with Gasteiger partial charge < -0.3 is 9.47 Å². The number of anilines is 1. The summed E-state index contributed by atoms with van der Waals surface area (Å²) in [5.41, 5.74) is 0.719. The average Bonchev–Trinajstić information content (AvgIpc) is 2.50. The number of alkyl halides is 1. The van der Waals surface area contributed by atoms with Crippen molar-refractivity contribution in [1.82, 2.24) is 0 Å². The summed E-state index contributed by atoms with van der Waals surface area (Å²) in [6.45, 7) is 4.82. The highest BCUT2D eigenvalue weighted by molar-refractivity contribution is 6.30. The number of ketones is 1. The lowest BCUT2D eigenvalue weighted by Crippen LogP contribution is -2.47. The lowest BCUT2D eigenvalue weighted by Gasteiger charge is -2.32. The molecule has 0 N–H and O–H groups in total. The quantitative estimate of drug-likeness (QED) is 0.467. The fourth-order valence-electron chi connectivity index (χ4n) is 2.25. The van der Waals surface area contributed by atoms with Gasteiger partial charge >= 0.3 is 5.97 Å². The number of hydrogen-bond donors (Lipinski definition) is 0. The first-order valence-corrected chi connectivity index (χ1v) is 7.77. The normalized spacial score (nSPS) is 16.8. The molecule has 0 saturated carbocycles. The van der Waals surface area contributed by atoms with Crippen molar-refractivity contribution in [2.24, 2.45) is 0 Å². The number of nitrogens with zero attached hydrogens (tertiary/aromatic N) is 1. The third kappa shape index (κ3) is 3.82. The van der Waals surface area contributed by atoms with E-state index in [1.165, 1.54) is 11.0 Å². The molecule has 0 fully saturated rings. The summed E-state index contributed by atoms with van der Waals surface area (Å²) in [6, 6.07) is 4.68. The first kappa shape index (κ1) is 17.3. The number of carbonyl (C=O) groups is 3. The van der Waals surface area contributed by atoms with Crippen LogP contribution in [0.2, 0.25) is 0 Å². The Balaban J connectivity index is 2.36. The van der Waals surface area contributed by atoms with E-state index >= 15 is 0 Å². The second kappa shape index (κ2) is 7.00. The molecule has 124 valence electrons. The molecular weight excluding hydrogens is 322 g/mol. The van der Waals surface area contributed by atoms with Crippen LogP contribution in [0.15, 0.2) is 18.2 Å². The van der Waals surface area contributed by atoms with E-state index in [2.05, 4.69) is 0 Å². The molecule has 1 atom stereocenters. The van der Waals surface area contributed by atoms with E-state index in [9.17, 15) is 14.4 Å². The van der Waals surface area contributed by atoms with Crippen LogP contribution in [-0.2, 0) is 14.3 Å². The topological polar surface area (TPSA) is 72.9 Å². The molecule has 1 aliphatic heterocycles. The van der Waals surface area contributed by atoms with E-state index < -0.39 is 12.1 Å². The second-order valence-electron chi connectivity index (χ2n) is 5.46. The molecule has 0 spiro atoms. The van der Waals surface area contributed by atoms with Gasteiger partial charge in [-0.2, -0.15) is 0 Å². The van der Waals surface area contributed by atoms with Crippen LogP contribution in [0.25, 0.3) is 0 Å². The van der Waals surface area contributed by atoms with Crippen LogP contribution < -0.4 is 9.64 Å². The lowest BCUT2D eigenvalue weighted by atomic mass is 10.1. The maximum Gasteiger partial charge on any atom is 0.326 e. The molecule has 1 aliphatic rings. The van der Waals surface area contributed by atoms with Crippen molar-refractivity contribution in [3.63, 3.8) is 0 Å². The van der Waals surface area contributed by atoms with Gasteiger partial charge in [0.1, 0.15) is 12.3 Å². The summed E-state index contributed by atoms with van der Waals surface area (Å²) in [4.78, 5) is 37.3. The number of Topliss-reactive ketones (excluding diaryl/α,β-unsaturated/α-hetero) is 1. The third-order valence-corrected chi connectivity index (χ3v) is 3.51. The van der Waals surface area contributed by atoms with Crippen molar-refractivity contribution in [2.45, 2.75) is 33.0 Å². The monoisotopic (exact) mass is 339 g/mol. The number of hydrogen-bond acceptors (Lipinski definition) is 5. The maximum atomic E-state index is 12.3. The molecule has 0 saturated heterocycles. The van der Waals surface area contributed by atoms with E-state index in [1.54, 1.807) is 32.9 Å². The molecule has 1 aromatic rings. The molecule has 1 unspecified atom stereocenters. The first-order chi connectivity index (χ1) is 10.8. The zero-order valence-electron chi connectivity index (χ0n) is 13.2. The zero-order valence-corrected chi connectivity index (χ0v) is 13.9. The Hall–Kier alpha value is -2.08. The molecule has 7 heteroatoms. The third-order valence-electron chi connectivity index (χ3n) is 3.26.